The number of rotatable bonds is 6. The van der Waals surface area contributed by atoms with Gasteiger partial charge < -0.3 is 14.2 Å². The van der Waals surface area contributed by atoms with Crippen LogP contribution in [0.25, 0.3) is 17.0 Å². The van der Waals surface area contributed by atoms with Gasteiger partial charge in [-0.3, -0.25) is 9.79 Å². The zero-order chi connectivity index (χ0) is 20.7. The minimum Gasteiger partial charge on any atom is -0.489 e. The van der Waals surface area contributed by atoms with E-state index in [1.165, 1.54) is 23.7 Å². The molecule has 0 atom stereocenters. The first-order valence-electron chi connectivity index (χ1n) is 10.4. The third-order valence-corrected chi connectivity index (χ3v) is 5.95. The largest absolute Gasteiger partial charge is 0.489 e. The lowest BCUT2D eigenvalue weighted by Gasteiger charge is -2.29. The number of aromatic nitrogens is 1. The quantitative estimate of drug-likeness (QED) is 0.429. The van der Waals surface area contributed by atoms with Gasteiger partial charge in [0.25, 0.3) is 0 Å². The minimum atomic E-state index is 0.574. The van der Waals surface area contributed by atoms with Gasteiger partial charge in [0, 0.05) is 30.1 Å². The van der Waals surface area contributed by atoms with Crippen molar-refractivity contribution in [3.05, 3.63) is 59.8 Å². The maximum absolute atomic E-state index is 11.4. The highest BCUT2D eigenvalue weighted by atomic mass is 16.5. The van der Waals surface area contributed by atoms with Crippen LogP contribution in [0, 0.1) is 5.92 Å². The number of nitrogens with zero attached hydrogens (tertiary/aromatic N) is 3. The van der Waals surface area contributed by atoms with Crippen molar-refractivity contribution in [1.29, 1.82) is 0 Å². The van der Waals surface area contributed by atoms with Crippen LogP contribution in [0.4, 0.5) is 11.4 Å². The number of likely N-dealkylation sites (N-methyl/N-ethyl adjacent to an activating group) is 1. The van der Waals surface area contributed by atoms with Crippen LogP contribution in [0.3, 0.4) is 0 Å². The summed E-state index contributed by atoms with van der Waals surface area (Å²) >= 11 is 0. The van der Waals surface area contributed by atoms with Crippen molar-refractivity contribution >= 4 is 40.9 Å². The van der Waals surface area contributed by atoms with E-state index in [2.05, 4.69) is 40.3 Å². The van der Waals surface area contributed by atoms with E-state index >= 15 is 0 Å². The van der Waals surface area contributed by atoms with Gasteiger partial charge in [0.2, 0.25) is 0 Å². The predicted molar refractivity (Wildman–Crippen MR) is 123 cm³/mol. The summed E-state index contributed by atoms with van der Waals surface area (Å²) in [5.74, 6) is 1.46. The fourth-order valence-electron chi connectivity index (χ4n) is 4.10. The van der Waals surface area contributed by atoms with Gasteiger partial charge in [0.15, 0.2) is 0 Å². The van der Waals surface area contributed by atoms with Crippen LogP contribution >= 0.6 is 0 Å². The highest BCUT2D eigenvalue weighted by molar-refractivity contribution is 5.94. The molecule has 2 aromatic carbocycles. The first kappa shape index (κ1) is 18.7. The molecule has 2 heterocycles. The number of carbonyl (C=O) groups excluding carboxylic acids is 1. The van der Waals surface area contributed by atoms with Crippen molar-refractivity contribution in [2.45, 2.75) is 19.4 Å². The third-order valence-electron chi connectivity index (χ3n) is 5.95. The molecule has 5 nitrogen and oxygen atoms in total. The zero-order valence-corrected chi connectivity index (χ0v) is 17.2. The lowest BCUT2D eigenvalue weighted by Crippen LogP contribution is -2.29. The van der Waals surface area contributed by atoms with Crippen molar-refractivity contribution in [2.24, 2.45) is 10.9 Å². The summed E-state index contributed by atoms with van der Waals surface area (Å²) in [5.41, 5.74) is 5.67. The molecule has 0 radical (unpaired) electrons. The molecule has 30 heavy (non-hydrogen) atoms. The van der Waals surface area contributed by atoms with Gasteiger partial charge in [-0.2, -0.15) is 0 Å². The molecule has 1 aromatic heterocycles. The van der Waals surface area contributed by atoms with E-state index in [4.69, 9.17) is 9.73 Å². The Bertz CT molecular complexity index is 1170. The highest BCUT2D eigenvalue weighted by Gasteiger charge is 2.24. The third kappa shape index (κ3) is 3.41. The lowest BCUT2D eigenvalue weighted by atomic mass is 10.1. The number of hydrogen-bond acceptors (Lipinski definition) is 4. The van der Waals surface area contributed by atoms with Crippen LogP contribution in [0.2, 0.25) is 0 Å². The van der Waals surface area contributed by atoms with E-state index in [1.54, 1.807) is 6.07 Å². The smallest absolute Gasteiger partial charge is 0.150 e. The van der Waals surface area contributed by atoms with E-state index in [9.17, 15) is 4.79 Å². The monoisotopic (exact) mass is 399 g/mol. The molecule has 0 unspecified atom stereocenters. The molecule has 1 saturated carbocycles. The summed E-state index contributed by atoms with van der Waals surface area (Å²) in [4.78, 5) is 18.4. The Morgan fingerprint density at radius 3 is 2.83 bits per heavy atom. The van der Waals surface area contributed by atoms with E-state index in [0.29, 0.717) is 12.2 Å². The van der Waals surface area contributed by atoms with Gasteiger partial charge in [-0.15, -0.1) is 0 Å². The fourth-order valence-corrected chi connectivity index (χ4v) is 4.10. The van der Waals surface area contributed by atoms with Crippen molar-refractivity contribution in [2.75, 3.05) is 25.1 Å². The number of ether oxygens (including phenoxy) is 1. The number of fused-ring (bicyclic) bond motifs is 2. The van der Waals surface area contributed by atoms with Crippen LogP contribution in [0.5, 0.6) is 5.75 Å². The van der Waals surface area contributed by atoms with Gasteiger partial charge in [0.05, 0.1) is 24.1 Å². The molecule has 0 amide bonds. The molecule has 152 valence electrons. The normalized spacial score (nSPS) is 16.0. The minimum absolute atomic E-state index is 0.574. The molecule has 2 aliphatic rings. The van der Waals surface area contributed by atoms with Gasteiger partial charge in [-0.05, 0) is 48.6 Å². The van der Waals surface area contributed by atoms with Gasteiger partial charge in [-0.25, -0.2) is 0 Å². The second kappa shape index (κ2) is 7.48. The van der Waals surface area contributed by atoms with Crippen molar-refractivity contribution in [1.82, 2.24) is 4.57 Å². The standard InChI is InChI=1S/C25H25N3O2/c1-3-17-6-7-20-13-21(28(23(20)11-17)15-18-4-5-18)14-26-22-10-19(16-29)12-24-25(22)27(2)8-9-30-24/h3,6-7,10-14,16,18H,1,4-5,8-9,15H2,2H3/b26-14+. The Morgan fingerprint density at radius 1 is 1.20 bits per heavy atom. The number of benzene rings is 2. The number of aliphatic imine (C=N–C) groups is 1. The number of hydrogen-bond donors (Lipinski definition) is 0. The van der Waals surface area contributed by atoms with Gasteiger partial charge >= 0.3 is 0 Å². The molecule has 0 N–H and O–H groups in total. The summed E-state index contributed by atoms with van der Waals surface area (Å²) in [5, 5.41) is 1.20. The van der Waals surface area contributed by atoms with Crippen molar-refractivity contribution < 1.29 is 9.53 Å². The summed E-state index contributed by atoms with van der Waals surface area (Å²) in [7, 11) is 2.03. The molecule has 1 fully saturated rings. The second-order valence-corrected chi connectivity index (χ2v) is 8.18. The van der Waals surface area contributed by atoms with E-state index in [-0.39, 0.29) is 0 Å². The molecule has 0 spiro atoms. The number of aldehydes is 1. The van der Waals surface area contributed by atoms with Crippen LogP contribution < -0.4 is 9.64 Å². The Morgan fingerprint density at radius 2 is 2.07 bits per heavy atom. The van der Waals surface area contributed by atoms with Crippen LogP contribution in [0.15, 0.2) is 48.0 Å². The van der Waals surface area contributed by atoms with E-state index in [0.717, 1.165) is 53.7 Å². The molecule has 1 aliphatic heterocycles. The lowest BCUT2D eigenvalue weighted by molar-refractivity contribution is 0.112. The first-order chi connectivity index (χ1) is 14.7. The fraction of sp³-hybridized carbons (Fsp3) is 0.280. The Hall–Kier alpha value is -3.34. The first-order valence-corrected chi connectivity index (χ1v) is 10.4. The average molecular weight is 399 g/mol. The van der Waals surface area contributed by atoms with Crippen LogP contribution in [-0.2, 0) is 6.54 Å². The van der Waals surface area contributed by atoms with Gasteiger partial charge in [0.1, 0.15) is 24.3 Å². The molecule has 1 aliphatic carbocycles. The molecule has 5 rings (SSSR count). The van der Waals surface area contributed by atoms with Crippen LogP contribution in [0.1, 0.15) is 34.5 Å². The maximum atomic E-state index is 11.4. The molecular formula is C25H25N3O2. The maximum Gasteiger partial charge on any atom is 0.150 e. The Balaban J connectivity index is 1.60. The second-order valence-electron chi connectivity index (χ2n) is 8.18. The van der Waals surface area contributed by atoms with E-state index in [1.807, 2.05) is 25.4 Å². The van der Waals surface area contributed by atoms with Crippen molar-refractivity contribution in [3.63, 3.8) is 0 Å². The highest BCUT2D eigenvalue weighted by Crippen LogP contribution is 2.40. The van der Waals surface area contributed by atoms with Crippen LogP contribution in [-0.4, -0.2) is 37.3 Å². The van der Waals surface area contributed by atoms with Gasteiger partial charge in [-0.1, -0.05) is 24.8 Å². The molecule has 0 saturated heterocycles. The average Bonchev–Trinajstić information content (AvgIpc) is 3.52. The summed E-state index contributed by atoms with van der Waals surface area (Å²) in [6, 6.07) is 12.2. The molecule has 5 heteroatoms. The Labute approximate surface area is 176 Å². The number of carbonyl (C=O) groups is 1. The predicted octanol–water partition coefficient (Wildman–Crippen LogP) is 5.09. The zero-order valence-electron chi connectivity index (χ0n) is 17.2. The topological polar surface area (TPSA) is 46.8 Å². The molecule has 3 aromatic rings. The summed E-state index contributed by atoms with van der Waals surface area (Å²) in [6.07, 6.45) is 7.22. The summed E-state index contributed by atoms with van der Waals surface area (Å²) in [6.45, 7) is 6.31. The van der Waals surface area contributed by atoms with E-state index < -0.39 is 0 Å². The molecule has 0 bridgehead atoms. The number of anilines is 1. The molecular weight excluding hydrogens is 374 g/mol. The Kier molecular flexibility index (Phi) is 4.66. The summed E-state index contributed by atoms with van der Waals surface area (Å²) < 4.78 is 8.16. The SMILES string of the molecule is C=Cc1ccc2cc(/C=N/c3cc(C=O)cc4c3N(C)CCO4)n(CC3CC3)c2c1. The van der Waals surface area contributed by atoms with Crippen molar-refractivity contribution in [3.8, 4) is 5.75 Å².